The fraction of sp³-hybridized carbons (Fsp3) is 0.500. The Morgan fingerprint density at radius 3 is 2.65 bits per heavy atom. The molecular weight excluding hydrogens is 428 g/mol. The number of aromatic nitrogens is 3. The number of nitrogens with zero attached hydrogens (tertiary/aromatic N) is 4. The van der Waals surface area contributed by atoms with Gasteiger partial charge in [0, 0.05) is 44.1 Å². The summed E-state index contributed by atoms with van der Waals surface area (Å²) < 4.78 is 11.3. The summed E-state index contributed by atoms with van der Waals surface area (Å²) in [6.45, 7) is 5.75. The second-order valence-corrected chi connectivity index (χ2v) is 9.09. The standard InChI is InChI=1S/C26H34N6O2/c1-3-20-26(29-18-9-13-34-14-10-18)31-23-19(16-28-25(27)24(23)30-20)17-7-8-21(22(15-17)33-2)32-11-5-4-6-12-32/h7-8,15-16,18H,3-6,9-14H2,1-2H3,(H2,27,28)(H,29,31). The average molecular weight is 463 g/mol. The van der Waals surface area contributed by atoms with Crippen LogP contribution in [-0.4, -0.2) is 54.4 Å². The molecule has 3 N–H and O–H groups in total. The quantitative estimate of drug-likeness (QED) is 0.555. The van der Waals surface area contributed by atoms with Gasteiger partial charge in [-0.3, -0.25) is 0 Å². The molecule has 2 aliphatic heterocycles. The van der Waals surface area contributed by atoms with Crippen LogP contribution < -0.4 is 20.7 Å². The van der Waals surface area contributed by atoms with E-state index in [1.807, 2.05) is 0 Å². The molecule has 5 rings (SSSR count). The SMILES string of the molecule is CCc1nc2c(N)ncc(-c3ccc(N4CCCCC4)c(OC)c3)c2nc1NC1CCOCC1. The zero-order chi connectivity index (χ0) is 23.5. The number of methoxy groups -OCH3 is 1. The maximum Gasteiger partial charge on any atom is 0.151 e. The molecule has 0 bridgehead atoms. The summed E-state index contributed by atoms with van der Waals surface area (Å²) >= 11 is 0. The van der Waals surface area contributed by atoms with Crippen molar-refractivity contribution in [1.82, 2.24) is 15.0 Å². The van der Waals surface area contributed by atoms with Crippen LogP contribution in [0.2, 0.25) is 0 Å². The highest BCUT2D eigenvalue weighted by Crippen LogP contribution is 2.37. The van der Waals surface area contributed by atoms with Crippen molar-refractivity contribution in [2.45, 2.75) is 51.5 Å². The Labute approximate surface area is 200 Å². The molecule has 0 unspecified atom stereocenters. The number of fused-ring (bicyclic) bond motifs is 1. The van der Waals surface area contributed by atoms with E-state index in [9.17, 15) is 0 Å². The molecule has 2 saturated heterocycles. The molecular formula is C26H34N6O2. The molecule has 1 aromatic carbocycles. The second-order valence-electron chi connectivity index (χ2n) is 9.09. The number of nitrogens with one attached hydrogen (secondary N) is 1. The summed E-state index contributed by atoms with van der Waals surface area (Å²) in [7, 11) is 1.73. The first-order chi connectivity index (χ1) is 16.7. The Bertz CT molecular complexity index is 1160. The van der Waals surface area contributed by atoms with Gasteiger partial charge < -0.3 is 25.4 Å². The van der Waals surface area contributed by atoms with E-state index in [0.717, 1.165) is 85.2 Å². The van der Waals surface area contributed by atoms with Gasteiger partial charge in [-0.2, -0.15) is 0 Å². The number of ether oxygens (including phenoxy) is 2. The number of hydrogen-bond donors (Lipinski definition) is 2. The fourth-order valence-electron chi connectivity index (χ4n) is 4.94. The van der Waals surface area contributed by atoms with Crippen LogP contribution in [0.25, 0.3) is 22.2 Å². The Balaban J connectivity index is 1.57. The van der Waals surface area contributed by atoms with Gasteiger partial charge in [-0.05, 0) is 56.2 Å². The molecule has 0 radical (unpaired) electrons. The Hall–Kier alpha value is -3.13. The predicted octanol–water partition coefficient (Wildman–Crippen LogP) is 4.43. The highest BCUT2D eigenvalue weighted by Gasteiger charge is 2.21. The van der Waals surface area contributed by atoms with Gasteiger partial charge in [-0.15, -0.1) is 0 Å². The van der Waals surface area contributed by atoms with Crippen molar-refractivity contribution in [3.63, 3.8) is 0 Å². The molecule has 0 amide bonds. The Morgan fingerprint density at radius 2 is 1.91 bits per heavy atom. The number of pyridine rings is 1. The highest BCUT2D eigenvalue weighted by molar-refractivity contribution is 5.97. The van der Waals surface area contributed by atoms with Crippen molar-refractivity contribution in [3.8, 4) is 16.9 Å². The number of nitrogen functional groups attached to an aromatic ring is 1. The van der Waals surface area contributed by atoms with Crippen molar-refractivity contribution in [2.75, 3.05) is 49.4 Å². The fourth-order valence-corrected chi connectivity index (χ4v) is 4.94. The monoisotopic (exact) mass is 462 g/mol. The number of rotatable bonds is 6. The minimum absolute atomic E-state index is 0.331. The molecule has 2 aliphatic rings. The van der Waals surface area contributed by atoms with E-state index >= 15 is 0 Å². The van der Waals surface area contributed by atoms with Crippen molar-refractivity contribution in [3.05, 3.63) is 30.1 Å². The maximum absolute atomic E-state index is 6.26. The summed E-state index contributed by atoms with van der Waals surface area (Å²) in [5, 5.41) is 3.62. The van der Waals surface area contributed by atoms with Crippen molar-refractivity contribution < 1.29 is 9.47 Å². The van der Waals surface area contributed by atoms with Gasteiger partial charge in [0.05, 0.1) is 18.5 Å². The van der Waals surface area contributed by atoms with E-state index in [1.165, 1.54) is 19.3 Å². The van der Waals surface area contributed by atoms with E-state index in [2.05, 4.69) is 40.3 Å². The number of piperidine rings is 1. The van der Waals surface area contributed by atoms with E-state index in [0.29, 0.717) is 17.4 Å². The molecule has 34 heavy (non-hydrogen) atoms. The molecule has 8 nitrogen and oxygen atoms in total. The largest absolute Gasteiger partial charge is 0.495 e. The van der Waals surface area contributed by atoms with Crippen molar-refractivity contribution >= 4 is 28.4 Å². The molecule has 0 spiro atoms. The lowest BCUT2D eigenvalue weighted by Crippen LogP contribution is -2.29. The van der Waals surface area contributed by atoms with Crippen LogP contribution in [0.5, 0.6) is 5.75 Å². The summed E-state index contributed by atoms with van der Waals surface area (Å²) in [5.74, 6) is 2.09. The average Bonchev–Trinajstić information content (AvgIpc) is 2.89. The second kappa shape index (κ2) is 10.0. The highest BCUT2D eigenvalue weighted by atomic mass is 16.5. The topological polar surface area (TPSA) is 98.4 Å². The van der Waals surface area contributed by atoms with Gasteiger partial charge >= 0.3 is 0 Å². The molecule has 0 saturated carbocycles. The lowest BCUT2D eigenvalue weighted by Gasteiger charge is -2.30. The molecule has 180 valence electrons. The number of hydrogen-bond acceptors (Lipinski definition) is 8. The van der Waals surface area contributed by atoms with Gasteiger partial charge in [-0.1, -0.05) is 13.0 Å². The third kappa shape index (κ3) is 4.46. The molecule has 4 heterocycles. The minimum Gasteiger partial charge on any atom is -0.495 e. The zero-order valence-electron chi connectivity index (χ0n) is 20.1. The molecule has 0 aliphatic carbocycles. The zero-order valence-corrected chi connectivity index (χ0v) is 20.1. The van der Waals surface area contributed by atoms with Crippen LogP contribution in [0.3, 0.4) is 0 Å². The van der Waals surface area contributed by atoms with Crippen LogP contribution in [0.1, 0.15) is 44.7 Å². The third-order valence-electron chi connectivity index (χ3n) is 6.88. The molecule has 8 heteroatoms. The number of aryl methyl sites for hydroxylation is 1. The van der Waals surface area contributed by atoms with Crippen molar-refractivity contribution in [1.29, 1.82) is 0 Å². The van der Waals surface area contributed by atoms with E-state index < -0.39 is 0 Å². The van der Waals surface area contributed by atoms with Gasteiger partial charge in [0.25, 0.3) is 0 Å². The predicted molar refractivity (Wildman–Crippen MR) is 137 cm³/mol. The lowest BCUT2D eigenvalue weighted by molar-refractivity contribution is 0.0903. The van der Waals surface area contributed by atoms with Crippen LogP contribution >= 0.6 is 0 Å². The van der Waals surface area contributed by atoms with Crippen LogP contribution in [-0.2, 0) is 11.2 Å². The smallest absolute Gasteiger partial charge is 0.151 e. The summed E-state index contributed by atoms with van der Waals surface area (Å²) in [6.07, 6.45) is 8.21. The van der Waals surface area contributed by atoms with Crippen molar-refractivity contribution in [2.24, 2.45) is 0 Å². The van der Waals surface area contributed by atoms with E-state index in [4.69, 9.17) is 25.2 Å². The molecule has 0 atom stereocenters. The first kappa shape index (κ1) is 22.7. The van der Waals surface area contributed by atoms with Crippen LogP contribution in [0.15, 0.2) is 24.4 Å². The van der Waals surface area contributed by atoms with Gasteiger partial charge in [0.2, 0.25) is 0 Å². The minimum atomic E-state index is 0.331. The number of benzene rings is 1. The van der Waals surface area contributed by atoms with Gasteiger partial charge in [0.1, 0.15) is 22.6 Å². The van der Waals surface area contributed by atoms with Gasteiger partial charge in [-0.25, -0.2) is 15.0 Å². The summed E-state index contributed by atoms with van der Waals surface area (Å²) in [4.78, 5) is 16.8. The van der Waals surface area contributed by atoms with Gasteiger partial charge in [0.15, 0.2) is 5.82 Å². The number of anilines is 3. The maximum atomic E-state index is 6.26. The first-order valence-corrected chi connectivity index (χ1v) is 12.4. The lowest BCUT2D eigenvalue weighted by atomic mass is 10.0. The third-order valence-corrected chi connectivity index (χ3v) is 6.88. The summed E-state index contributed by atoms with van der Waals surface area (Å²) in [6, 6.07) is 6.69. The number of nitrogens with two attached hydrogens (primary N) is 1. The van der Waals surface area contributed by atoms with E-state index in [-0.39, 0.29) is 0 Å². The molecule has 3 aromatic rings. The normalized spacial score (nSPS) is 17.2. The van der Waals surface area contributed by atoms with Crippen LogP contribution in [0.4, 0.5) is 17.3 Å². The Morgan fingerprint density at radius 1 is 1.12 bits per heavy atom. The molecule has 2 aromatic heterocycles. The van der Waals surface area contributed by atoms with E-state index in [1.54, 1.807) is 13.3 Å². The molecule has 2 fully saturated rings. The Kier molecular flexibility index (Phi) is 6.67. The first-order valence-electron chi connectivity index (χ1n) is 12.4. The van der Waals surface area contributed by atoms with Crippen LogP contribution in [0, 0.1) is 0 Å². The summed E-state index contributed by atoms with van der Waals surface area (Å²) in [5.41, 5.74) is 11.6.